The maximum atomic E-state index is 12.8. The van der Waals surface area contributed by atoms with E-state index in [-0.39, 0.29) is 18.4 Å². The van der Waals surface area contributed by atoms with Crippen molar-refractivity contribution >= 4 is 28.7 Å². The fraction of sp³-hybridized carbons (Fsp3) is 0.476. The smallest absolute Gasteiger partial charge is 0.325 e. The molecule has 0 radical (unpaired) electrons. The summed E-state index contributed by atoms with van der Waals surface area (Å²) in [5.74, 6) is 0.382. The van der Waals surface area contributed by atoms with Gasteiger partial charge in [-0.3, -0.25) is 14.5 Å². The van der Waals surface area contributed by atoms with Crippen molar-refractivity contribution < 1.29 is 14.4 Å². The largest absolute Gasteiger partial charge is 0.361 e. The van der Waals surface area contributed by atoms with Gasteiger partial charge in [-0.2, -0.15) is 0 Å². The lowest BCUT2D eigenvalue weighted by molar-refractivity contribution is -0.139. The molecule has 0 aliphatic carbocycles. The number of carbonyl (C=O) groups is 3. The first-order valence-electron chi connectivity index (χ1n) is 9.87. The van der Waals surface area contributed by atoms with Crippen LogP contribution >= 0.6 is 0 Å². The van der Waals surface area contributed by atoms with Crippen LogP contribution in [0.2, 0.25) is 0 Å². The molecule has 28 heavy (non-hydrogen) atoms. The van der Waals surface area contributed by atoms with E-state index in [0.29, 0.717) is 31.3 Å². The minimum atomic E-state index is -0.640. The van der Waals surface area contributed by atoms with Gasteiger partial charge >= 0.3 is 6.03 Å². The van der Waals surface area contributed by atoms with E-state index < -0.39 is 12.1 Å². The Morgan fingerprint density at radius 2 is 1.86 bits per heavy atom. The number of para-hydroxylation sites is 1. The number of rotatable bonds is 4. The molecule has 2 fully saturated rings. The Morgan fingerprint density at radius 3 is 2.61 bits per heavy atom. The Bertz CT molecular complexity index is 911. The third-order valence-corrected chi connectivity index (χ3v) is 5.72. The minimum Gasteiger partial charge on any atom is -0.361 e. The highest BCUT2D eigenvalue weighted by atomic mass is 16.2. The van der Waals surface area contributed by atoms with Crippen LogP contribution in [-0.4, -0.2) is 58.3 Å². The number of nitrogens with zero attached hydrogens (tertiary/aromatic N) is 2. The Labute approximate surface area is 164 Å². The van der Waals surface area contributed by atoms with Crippen LogP contribution in [0.4, 0.5) is 4.79 Å². The average Bonchev–Trinajstić information content (AvgIpc) is 3.17. The number of amides is 4. The number of aromatic nitrogens is 1. The SMILES string of the molecule is C[C@@H]1C[C@@H](C)CN(C(=O)CN2C(=O)N[C@H](Cc3c[nH]c4ccccc34)C2=O)C1. The molecular weight excluding hydrogens is 356 g/mol. The zero-order valence-corrected chi connectivity index (χ0v) is 16.3. The predicted molar refractivity (Wildman–Crippen MR) is 106 cm³/mol. The number of likely N-dealkylation sites (tertiary alicyclic amines) is 1. The van der Waals surface area contributed by atoms with Gasteiger partial charge in [0.25, 0.3) is 5.91 Å². The minimum absolute atomic E-state index is 0.158. The lowest BCUT2D eigenvalue weighted by Crippen LogP contribution is -2.48. The van der Waals surface area contributed by atoms with Crippen LogP contribution in [0.1, 0.15) is 25.8 Å². The second-order valence-corrected chi connectivity index (χ2v) is 8.23. The zero-order chi connectivity index (χ0) is 19.8. The molecule has 4 rings (SSSR count). The maximum Gasteiger partial charge on any atom is 0.325 e. The van der Waals surface area contributed by atoms with E-state index in [1.807, 2.05) is 30.5 Å². The monoisotopic (exact) mass is 382 g/mol. The lowest BCUT2D eigenvalue weighted by atomic mass is 9.92. The van der Waals surface area contributed by atoms with Crippen molar-refractivity contribution in [3.05, 3.63) is 36.0 Å². The molecule has 1 aromatic carbocycles. The number of aromatic amines is 1. The highest BCUT2D eigenvalue weighted by Crippen LogP contribution is 2.23. The van der Waals surface area contributed by atoms with Crippen LogP contribution in [0.15, 0.2) is 30.5 Å². The van der Waals surface area contributed by atoms with Gasteiger partial charge in [0.1, 0.15) is 12.6 Å². The van der Waals surface area contributed by atoms with Gasteiger partial charge in [-0.05, 0) is 29.9 Å². The highest BCUT2D eigenvalue weighted by molar-refractivity contribution is 6.06. The van der Waals surface area contributed by atoms with Crippen molar-refractivity contribution in [2.45, 2.75) is 32.7 Å². The molecule has 2 aromatic rings. The fourth-order valence-electron chi connectivity index (χ4n) is 4.49. The van der Waals surface area contributed by atoms with E-state index in [1.165, 1.54) is 0 Å². The number of H-pyrrole nitrogens is 1. The van der Waals surface area contributed by atoms with E-state index in [4.69, 9.17) is 0 Å². The molecule has 2 N–H and O–H groups in total. The third-order valence-electron chi connectivity index (χ3n) is 5.72. The molecule has 0 saturated carbocycles. The van der Waals surface area contributed by atoms with Gasteiger partial charge < -0.3 is 15.2 Å². The summed E-state index contributed by atoms with van der Waals surface area (Å²) in [6.45, 7) is 5.44. The van der Waals surface area contributed by atoms with E-state index in [1.54, 1.807) is 4.90 Å². The molecule has 3 heterocycles. The molecule has 1 aromatic heterocycles. The van der Waals surface area contributed by atoms with Crippen molar-refractivity contribution in [1.82, 2.24) is 20.1 Å². The second-order valence-electron chi connectivity index (χ2n) is 8.23. The summed E-state index contributed by atoms with van der Waals surface area (Å²) in [5.41, 5.74) is 1.97. The van der Waals surface area contributed by atoms with Crippen LogP contribution in [0.3, 0.4) is 0 Å². The molecule has 3 atom stereocenters. The zero-order valence-electron chi connectivity index (χ0n) is 16.3. The molecule has 0 unspecified atom stereocenters. The van der Waals surface area contributed by atoms with Crippen LogP contribution < -0.4 is 5.32 Å². The third kappa shape index (κ3) is 3.48. The Morgan fingerprint density at radius 1 is 1.14 bits per heavy atom. The molecule has 2 saturated heterocycles. The summed E-state index contributed by atoms with van der Waals surface area (Å²) in [6, 6.07) is 6.73. The summed E-state index contributed by atoms with van der Waals surface area (Å²) < 4.78 is 0. The number of hydrogen-bond donors (Lipinski definition) is 2. The number of benzene rings is 1. The summed E-state index contributed by atoms with van der Waals surface area (Å²) in [7, 11) is 0. The molecule has 148 valence electrons. The molecule has 2 aliphatic rings. The normalized spacial score (nSPS) is 25.4. The first-order valence-corrected chi connectivity index (χ1v) is 9.87. The van der Waals surface area contributed by atoms with E-state index in [9.17, 15) is 14.4 Å². The number of nitrogens with one attached hydrogen (secondary N) is 2. The van der Waals surface area contributed by atoms with Crippen molar-refractivity contribution in [2.75, 3.05) is 19.6 Å². The number of carbonyl (C=O) groups excluding carboxylic acids is 3. The summed E-state index contributed by atoms with van der Waals surface area (Å²) in [6.07, 6.45) is 3.37. The molecule has 0 bridgehead atoms. The van der Waals surface area contributed by atoms with Crippen LogP contribution in [-0.2, 0) is 16.0 Å². The highest BCUT2D eigenvalue weighted by Gasteiger charge is 2.40. The predicted octanol–water partition coefficient (Wildman–Crippen LogP) is 2.14. The Hall–Kier alpha value is -2.83. The van der Waals surface area contributed by atoms with Crippen LogP contribution in [0, 0.1) is 11.8 Å². The summed E-state index contributed by atoms with van der Waals surface area (Å²) in [5, 5.41) is 3.77. The summed E-state index contributed by atoms with van der Waals surface area (Å²) in [4.78, 5) is 43.8. The fourth-order valence-corrected chi connectivity index (χ4v) is 4.49. The van der Waals surface area contributed by atoms with Gasteiger partial charge in [0.2, 0.25) is 5.91 Å². The van der Waals surface area contributed by atoms with Crippen molar-refractivity contribution in [1.29, 1.82) is 0 Å². The molecular formula is C21H26N4O3. The van der Waals surface area contributed by atoms with Crippen LogP contribution in [0.5, 0.6) is 0 Å². The first-order chi connectivity index (χ1) is 13.4. The van der Waals surface area contributed by atoms with Crippen molar-refractivity contribution in [3.63, 3.8) is 0 Å². The van der Waals surface area contributed by atoms with Crippen molar-refractivity contribution in [3.8, 4) is 0 Å². The molecule has 4 amide bonds. The Kier molecular flexibility index (Phi) is 4.83. The standard InChI is InChI=1S/C21H26N4O3/c1-13-7-14(2)11-24(10-13)19(26)12-25-20(27)18(23-21(25)28)8-15-9-22-17-6-4-3-5-16(15)17/h3-6,9,13-14,18,22H,7-8,10-12H2,1-2H3,(H,23,28)/t13-,14-,18-/m1/s1. The topological polar surface area (TPSA) is 85.5 Å². The number of hydrogen-bond acceptors (Lipinski definition) is 3. The first kappa shape index (κ1) is 18.5. The van der Waals surface area contributed by atoms with Gasteiger partial charge in [-0.15, -0.1) is 0 Å². The number of imide groups is 1. The van der Waals surface area contributed by atoms with E-state index in [0.717, 1.165) is 27.8 Å². The number of piperidine rings is 1. The maximum absolute atomic E-state index is 12.8. The van der Waals surface area contributed by atoms with Gasteiger partial charge in [0, 0.05) is 36.6 Å². The molecule has 0 spiro atoms. The van der Waals surface area contributed by atoms with Gasteiger partial charge in [0.05, 0.1) is 0 Å². The number of fused-ring (bicyclic) bond motifs is 1. The number of urea groups is 1. The van der Waals surface area contributed by atoms with E-state index in [2.05, 4.69) is 24.1 Å². The lowest BCUT2D eigenvalue weighted by Gasteiger charge is -2.35. The molecule has 7 nitrogen and oxygen atoms in total. The van der Waals surface area contributed by atoms with Gasteiger partial charge in [-0.25, -0.2) is 4.79 Å². The van der Waals surface area contributed by atoms with E-state index >= 15 is 0 Å². The van der Waals surface area contributed by atoms with Gasteiger partial charge in [-0.1, -0.05) is 32.0 Å². The Balaban J connectivity index is 1.43. The van der Waals surface area contributed by atoms with Crippen LogP contribution in [0.25, 0.3) is 10.9 Å². The average molecular weight is 382 g/mol. The quantitative estimate of drug-likeness (QED) is 0.795. The van der Waals surface area contributed by atoms with Crippen molar-refractivity contribution in [2.24, 2.45) is 11.8 Å². The second kappa shape index (κ2) is 7.30. The van der Waals surface area contributed by atoms with Gasteiger partial charge in [0.15, 0.2) is 0 Å². The summed E-state index contributed by atoms with van der Waals surface area (Å²) >= 11 is 0. The molecule has 2 aliphatic heterocycles. The molecule has 7 heteroatoms.